The SMILES string of the molecule is CN1CCN(Cc2cc(F)cc(C(=O)O)c2)CC1. The molecule has 0 aliphatic carbocycles. The molecule has 1 aliphatic heterocycles. The summed E-state index contributed by atoms with van der Waals surface area (Å²) in [6, 6.07) is 4.00. The predicted molar refractivity (Wildman–Crippen MR) is 66.1 cm³/mol. The van der Waals surface area contributed by atoms with Crippen molar-refractivity contribution in [1.29, 1.82) is 0 Å². The number of hydrogen-bond acceptors (Lipinski definition) is 3. The Kier molecular flexibility index (Phi) is 3.93. The third-order valence-corrected chi connectivity index (χ3v) is 3.21. The van der Waals surface area contributed by atoms with Crippen molar-refractivity contribution in [3.05, 3.63) is 35.1 Å². The summed E-state index contributed by atoms with van der Waals surface area (Å²) in [7, 11) is 2.07. The van der Waals surface area contributed by atoms with Crippen molar-refractivity contribution in [3.8, 4) is 0 Å². The van der Waals surface area contributed by atoms with Gasteiger partial charge in [-0.15, -0.1) is 0 Å². The Bertz CT molecular complexity index is 443. The summed E-state index contributed by atoms with van der Waals surface area (Å²) in [5.41, 5.74) is 0.732. The van der Waals surface area contributed by atoms with Gasteiger partial charge in [0.15, 0.2) is 0 Å². The van der Waals surface area contributed by atoms with Gasteiger partial charge >= 0.3 is 5.97 Å². The van der Waals surface area contributed by atoms with Crippen molar-refractivity contribution in [3.63, 3.8) is 0 Å². The Morgan fingerprint density at radius 1 is 1.28 bits per heavy atom. The second kappa shape index (κ2) is 5.46. The standard InChI is InChI=1S/C13H17FN2O2/c1-15-2-4-16(5-3-15)9-10-6-11(13(17)18)8-12(14)7-10/h6-8H,2-5,9H2,1H3,(H,17,18). The highest BCUT2D eigenvalue weighted by Gasteiger charge is 2.15. The van der Waals surface area contributed by atoms with E-state index in [9.17, 15) is 9.18 Å². The van der Waals surface area contributed by atoms with Crippen LogP contribution in [-0.2, 0) is 6.54 Å². The van der Waals surface area contributed by atoms with E-state index in [2.05, 4.69) is 16.8 Å². The average molecular weight is 252 g/mol. The molecule has 1 heterocycles. The van der Waals surface area contributed by atoms with Gasteiger partial charge < -0.3 is 10.0 Å². The molecular weight excluding hydrogens is 235 g/mol. The fourth-order valence-electron chi connectivity index (χ4n) is 2.13. The van der Waals surface area contributed by atoms with E-state index in [-0.39, 0.29) is 5.56 Å². The van der Waals surface area contributed by atoms with E-state index in [1.165, 1.54) is 6.07 Å². The molecule has 0 aromatic heterocycles. The van der Waals surface area contributed by atoms with Gasteiger partial charge in [-0.25, -0.2) is 9.18 Å². The average Bonchev–Trinajstić information content (AvgIpc) is 2.31. The van der Waals surface area contributed by atoms with Crippen LogP contribution in [0.5, 0.6) is 0 Å². The van der Waals surface area contributed by atoms with E-state index in [4.69, 9.17) is 5.11 Å². The summed E-state index contributed by atoms with van der Waals surface area (Å²) >= 11 is 0. The van der Waals surface area contributed by atoms with Gasteiger partial charge in [0, 0.05) is 32.7 Å². The summed E-state index contributed by atoms with van der Waals surface area (Å²) < 4.78 is 13.3. The molecule has 1 aliphatic rings. The van der Waals surface area contributed by atoms with Crippen LogP contribution in [0.1, 0.15) is 15.9 Å². The number of aromatic carboxylic acids is 1. The predicted octanol–water partition coefficient (Wildman–Crippen LogP) is 1.27. The van der Waals surface area contributed by atoms with Crippen LogP contribution in [0.4, 0.5) is 4.39 Å². The molecular formula is C13H17FN2O2. The van der Waals surface area contributed by atoms with Crippen molar-refractivity contribution in [2.24, 2.45) is 0 Å². The summed E-state index contributed by atoms with van der Waals surface area (Å²) in [4.78, 5) is 15.3. The number of carboxylic acids is 1. The zero-order valence-corrected chi connectivity index (χ0v) is 10.4. The molecule has 0 saturated carbocycles. The van der Waals surface area contributed by atoms with Crippen molar-refractivity contribution < 1.29 is 14.3 Å². The lowest BCUT2D eigenvalue weighted by molar-refractivity contribution is 0.0696. The van der Waals surface area contributed by atoms with Crippen LogP contribution in [0.3, 0.4) is 0 Å². The smallest absolute Gasteiger partial charge is 0.335 e. The molecule has 1 fully saturated rings. The minimum Gasteiger partial charge on any atom is -0.478 e. The first kappa shape index (κ1) is 13.0. The molecule has 98 valence electrons. The summed E-state index contributed by atoms with van der Waals surface area (Å²) in [6.45, 7) is 4.43. The van der Waals surface area contributed by atoms with E-state index >= 15 is 0 Å². The normalized spacial score (nSPS) is 17.9. The zero-order chi connectivity index (χ0) is 13.1. The number of benzene rings is 1. The van der Waals surface area contributed by atoms with Gasteiger partial charge in [0.25, 0.3) is 0 Å². The second-order valence-corrected chi connectivity index (χ2v) is 4.73. The molecule has 1 aromatic carbocycles. The molecule has 2 rings (SSSR count). The molecule has 0 spiro atoms. The van der Waals surface area contributed by atoms with Crippen LogP contribution in [-0.4, -0.2) is 54.1 Å². The first-order valence-corrected chi connectivity index (χ1v) is 5.98. The van der Waals surface area contributed by atoms with E-state index in [1.807, 2.05) is 0 Å². The maximum atomic E-state index is 13.3. The quantitative estimate of drug-likeness (QED) is 0.880. The largest absolute Gasteiger partial charge is 0.478 e. The van der Waals surface area contributed by atoms with E-state index in [1.54, 1.807) is 6.07 Å². The fourth-order valence-corrected chi connectivity index (χ4v) is 2.13. The highest BCUT2D eigenvalue weighted by atomic mass is 19.1. The van der Waals surface area contributed by atoms with E-state index in [0.29, 0.717) is 6.54 Å². The summed E-state index contributed by atoms with van der Waals surface area (Å²) in [5.74, 6) is -1.58. The number of piperazine rings is 1. The van der Waals surface area contributed by atoms with Gasteiger partial charge in [-0.05, 0) is 30.8 Å². The highest BCUT2D eigenvalue weighted by Crippen LogP contribution is 2.13. The third kappa shape index (κ3) is 3.27. The second-order valence-electron chi connectivity index (χ2n) is 4.73. The fraction of sp³-hybridized carbons (Fsp3) is 0.462. The molecule has 1 N–H and O–H groups in total. The molecule has 0 unspecified atom stereocenters. The number of likely N-dealkylation sites (N-methyl/N-ethyl adjacent to an activating group) is 1. The zero-order valence-electron chi connectivity index (χ0n) is 10.4. The monoisotopic (exact) mass is 252 g/mol. The summed E-state index contributed by atoms with van der Waals surface area (Å²) in [5, 5.41) is 8.89. The molecule has 0 radical (unpaired) electrons. The van der Waals surface area contributed by atoms with Crippen LogP contribution in [0.15, 0.2) is 18.2 Å². The molecule has 1 saturated heterocycles. The van der Waals surface area contributed by atoms with Gasteiger partial charge in [-0.3, -0.25) is 4.90 Å². The summed E-state index contributed by atoms with van der Waals surface area (Å²) in [6.07, 6.45) is 0. The maximum Gasteiger partial charge on any atom is 0.335 e. The highest BCUT2D eigenvalue weighted by molar-refractivity contribution is 5.87. The molecule has 4 nitrogen and oxygen atoms in total. The van der Waals surface area contributed by atoms with Gasteiger partial charge in [0.1, 0.15) is 5.82 Å². The van der Waals surface area contributed by atoms with Gasteiger partial charge in [0.05, 0.1) is 5.56 Å². The Hall–Kier alpha value is -1.46. The Balaban J connectivity index is 2.07. The topological polar surface area (TPSA) is 43.8 Å². The molecule has 0 bridgehead atoms. The lowest BCUT2D eigenvalue weighted by atomic mass is 10.1. The molecule has 5 heteroatoms. The molecule has 0 amide bonds. The van der Waals surface area contributed by atoms with Gasteiger partial charge in [0.2, 0.25) is 0 Å². The maximum absolute atomic E-state index is 13.3. The van der Waals surface area contributed by atoms with Crippen LogP contribution in [0, 0.1) is 5.82 Å². The van der Waals surface area contributed by atoms with E-state index in [0.717, 1.165) is 37.8 Å². The Morgan fingerprint density at radius 3 is 2.56 bits per heavy atom. The molecule has 0 atom stereocenters. The number of halogens is 1. The van der Waals surface area contributed by atoms with Crippen molar-refractivity contribution in [2.75, 3.05) is 33.2 Å². The van der Waals surface area contributed by atoms with Gasteiger partial charge in [-0.2, -0.15) is 0 Å². The minimum atomic E-state index is -1.09. The minimum absolute atomic E-state index is 0.0131. The van der Waals surface area contributed by atoms with Crippen LogP contribution in [0.25, 0.3) is 0 Å². The first-order valence-electron chi connectivity index (χ1n) is 5.98. The van der Waals surface area contributed by atoms with Crippen LogP contribution in [0.2, 0.25) is 0 Å². The van der Waals surface area contributed by atoms with Gasteiger partial charge in [-0.1, -0.05) is 0 Å². The molecule has 1 aromatic rings. The lowest BCUT2D eigenvalue weighted by Crippen LogP contribution is -2.43. The number of hydrogen-bond donors (Lipinski definition) is 1. The number of rotatable bonds is 3. The Labute approximate surface area is 106 Å². The number of carbonyl (C=O) groups is 1. The van der Waals surface area contributed by atoms with Crippen LogP contribution < -0.4 is 0 Å². The molecule has 18 heavy (non-hydrogen) atoms. The van der Waals surface area contributed by atoms with E-state index < -0.39 is 11.8 Å². The first-order chi connectivity index (χ1) is 8.54. The van der Waals surface area contributed by atoms with Crippen LogP contribution >= 0.6 is 0 Å². The van der Waals surface area contributed by atoms with Crippen molar-refractivity contribution in [2.45, 2.75) is 6.54 Å². The Morgan fingerprint density at radius 2 is 1.94 bits per heavy atom. The van der Waals surface area contributed by atoms with Crippen molar-refractivity contribution in [1.82, 2.24) is 9.80 Å². The van der Waals surface area contributed by atoms with Crippen molar-refractivity contribution >= 4 is 5.97 Å². The third-order valence-electron chi connectivity index (χ3n) is 3.21. The number of nitrogens with zero attached hydrogens (tertiary/aromatic N) is 2. The lowest BCUT2D eigenvalue weighted by Gasteiger charge is -2.32. The number of carboxylic acid groups (broad SMARTS) is 1.